The molecule has 1 aromatic carbocycles. The van der Waals surface area contributed by atoms with Gasteiger partial charge in [-0.05, 0) is 59.4 Å². The number of hydrogen-bond acceptors (Lipinski definition) is 7. The average Bonchev–Trinajstić information content (AvgIpc) is 3.58. The first-order valence-corrected chi connectivity index (χ1v) is 14.8. The summed E-state index contributed by atoms with van der Waals surface area (Å²) < 4.78 is 45.1. The van der Waals surface area contributed by atoms with Crippen molar-refractivity contribution >= 4 is 39.9 Å². The fraction of sp³-hybridized carbons (Fsp3) is 0.484. The Morgan fingerprint density at radius 1 is 1.07 bits per heavy atom. The minimum atomic E-state index is -0.724. The van der Waals surface area contributed by atoms with E-state index < -0.39 is 23.1 Å². The van der Waals surface area contributed by atoms with Crippen molar-refractivity contribution in [3.63, 3.8) is 0 Å². The van der Waals surface area contributed by atoms with Gasteiger partial charge in [-0.15, -0.1) is 0 Å². The number of nitrogens with zero attached hydrogens (tertiary/aromatic N) is 6. The maximum absolute atomic E-state index is 16.0. The molecule has 1 saturated heterocycles. The molecule has 0 atom stereocenters. The molecule has 2 amide bonds. The molecule has 234 valence electrons. The van der Waals surface area contributed by atoms with Gasteiger partial charge >= 0.3 is 6.09 Å². The second-order valence-electron chi connectivity index (χ2n) is 12.6. The largest absolute Gasteiger partial charge is 0.491 e. The average molecular weight is 610 g/mol. The van der Waals surface area contributed by atoms with Gasteiger partial charge in [-0.25, -0.2) is 14.2 Å². The van der Waals surface area contributed by atoms with Gasteiger partial charge in [0.15, 0.2) is 11.4 Å². The van der Waals surface area contributed by atoms with Crippen molar-refractivity contribution in [2.75, 3.05) is 30.4 Å². The molecular weight excluding hydrogens is 572 g/mol. The molecule has 11 nitrogen and oxygen atoms in total. The number of pyridine rings is 1. The number of piperidine rings is 1. The molecule has 13 heteroatoms. The van der Waals surface area contributed by atoms with Gasteiger partial charge in [0.1, 0.15) is 22.6 Å². The number of amides is 2. The van der Waals surface area contributed by atoms with E-state index in [1.165, 1.54) is 28.5 Å². The molecule has 0 unspecified atom stereocenters. The van der Waals surface area contributed by atoms with E-state index in [-0.39, 0.29) is 40.8 Å². The van der Waals surface area contributed by atoms with Crippen molar-refractivity contribution in [1.29, 1.82) is 0 Å². The van der Waals surface area contributed by atoms with Crippen LogP contribution in [0.25, 0.3) is 16.6 Å². The third kappa shape index (κ3) is 5.50. The zero-order valence-electron chi connectivity index (χ0n) is 25.8. The van der Waals surface area contributed by atoms with Crippen LogP contribution in [0, 0.1) is 18.6 Å². The number of halogens is 2. The summed E-state index contributed by atoms with van der Waals surface area (Å²) in [7, 11) is 3.00. The van der Waals surface area contributed by atoms with Crippen LogP contribution >= 0.6 is 0 Å². The van der Waals surface area contributed by atoms with Crippen LogP contribution in [0.1, 0.15) is 62.5 Å². The highest BCUT2D eigenvalue weighted by Crippen LogP contribution is 2.38. The van der Waals surface area contributed by atoms with Crippen LogP contribution in [-0.4, -0.2) is 73.9 Å². The summed E-state index contributed by atoms with van der Waals surface area (Å²) in [4.78, 5) is 34.6. The van der Waals surface area contributed by atoms with Crippen molar-refractivity contribution in [2.45, 2.75) is 71.1 Å². The number of carbonyl (C=O) groups is 2. The Balaban J connectivity index is 1.26. The Morgan fingerprint density at radius 2 is 1.75 bits per heavy atom. The number of methoxy groups -OCH3 is 1. The lowest BCUT2D eigenvalue weighted by atomic mass is 10.0. The van der Waals surface area contributed by atoms with Gasteiger partial charge in [0.25, 0.3) is 5.91 Å². The summed E-state index contributed by atoms with van der Waals surface area (Å²) in [5, 5.41) is 7.65. The van der Waals surface area contributed by atoms with Crippen LogP contribution in [0.5, 0.6) is 5.75 Å². The molecule has 2 aliphatic rings. The number of benzene rings is 1. The molecule has 4 aromatic rings. The molecule has 1 N–H and O–H groups in total. The molecule has 44 heavy (non-hydrogen) atoms. The minimum Gasteiger partial charge on any atom is -0.491 e. The molecule has 0 radical (unpaired) electrons. The molecule has 0 bridgehead atoms. The predicted molar refractivity (Wildman–Crippen MR) is 161 cm³/mol. The molecule has 4 heterocycles. The van der Waals surface area contributed by atoms with Crippen molar-refractivity contribution in [3.05, 3.63) is 47.5 Å². The van der Waals surface area contributed by atoms with E-state index in [0.717, 1.165) is 12.8 Å². The third-order valence-electron chi connectivity index (χ3n) is 8.01. The first kappa shape index (κ1) is 29.6. The molecule has 2 fully saturated rings. The number of carbonyl (C=O) groups excluding carboxylic acids is 2. The zero-order valence-corrected chi connectivity index (χ0v) is 25.8. The molecule has 1 saturated carbocycles. The van der Waals surface area contributed by atoms with Gasteiger partial charge in [-0.2, -0.15) is 9.49 Å². The highest BCUT2D eigenvalue weighted by atomic mass is 19.1. The van der Waals surface area contributed by atoms with Crippen LogP contribution in [0.4, 0.5) is 25.0 Å². The molecule has 0 spiro atoms. The third-order valence-corrected chi connectivity index (χ3v) is 8.01. The SMILES string of the molecule is COc1c(NC(=O)c2cc(F)c(N3CCC(N(C(=O)OC(C)(C)C)C4CC4)CC3)c3cn(C)nc23)cn2cc(C)nc2c1F. The number of rotatable bonds is 6. The van der Waals surface area contributed by atoms with Crippen LogP contribution in [0.3, 0.4) is 0 Å². The van der Waals surface area contributed by atoms with Gasteiger partial charge < -0.3 is 29.0 Å². The smallest absolute Gasteiger partial charge is 0.410 e. The summed E-state index contributed by atoms with van der Waals surface area (Å²) in [6.07, 6.45) is 7.75. The Morgan fingerprint density at radius 3 is 2.39 bits per heavy atom. The lowest BCUT2D eigenvalue weighted by Crippen LogP contribution is -2.50. The van der Waals surface area contributed by atoms with Gasteiger partial charge in [0, 0.05) is 56.2 Å². The zero-order chi connectivity index (χ0) is 31.5. The van der Waals surface area contributed by atoms with Crippen molar-refractivity contribution < 1.29 is 27.8 Å². The number of aromatic nitrogens is 4. The lowest BCUT2D eigenvalue weighted by Gasteiger charge is -2.40. The minimum absolute atomic E-state index is 0.00176. The van der Waals surface area contributed by atoms with E-state index in [1.807, 2.05) is 30.6 Å². The van der Waals surface area contributed by atoms with E-state index in [2.05, 4.69) is 15.4 Å². The van der Waals surface area contributed by atoms with E-state index in [9.17, 15) is 9.59 Å². The van der Waals surface area contributed by atoms with Crippen LogP contribution in [0.2, 0.25) is 0 Å². The number of hydrogen-bond donors (Lipinski definition) is 1. The Bertz CT molecular complexity index is 1760. The normalized spacial score (nSPS) is 16.0. The number of aryl methyl sites for hydroxylation is 2. The summed E-state index contributed by atoms with van der Waals surface area (Å²) in [6, 6.07) is 1.36. The predicted octanol–water partition coefficient (Wildman–Crippen LogP) is 5.44. The van der Waals surface area contributed by atoms with E-state index in [4.69, 9.17) is 9.47 Å². The molecule has 3 aromatic heterocycles. The summed E-state index contributed by atoms with van der Waals surface area (Å²) in [5.74, 6) is -2.14. The first-order valence-electron chi connectivity index (χ1n) is 14.8. The highest BCUT2D eigenvalue weighted by molar-refractivity contribution is 6.14. The molecule has 1 aliphatic heterocycles. The summed E-state index contributed by atoms with van der Waals surface area (Å²) >= 11 is 0. The van der Waals surface area contributed by atoms with Crippen LogP contribution in [0.15, 0.2) is 24.7 Å². The van der Waals surface area contributed by atoms with Gasteiger partial charge in [0.2, 0.25) is 5.82 Å². The maximum Gasteiger partial charge on any atom is 0.410 e. The van der Waals surface area contributed by atoms with Crippen molar-refractivity contribution in [1.82, 2.24) is 24.1 Å². The monoisotopic (exact) mass is 609 g/mol. The number of fused-ring (bicyclic) bond motifs is 2. The lowest BCUT2D eigenvalue weighted by molar-refractivity contribution is 0.0113. The quantitative estimate of drug-likeness (QED) is 0.311. The number of nitrogens with one attached hydrogen (secondary N) is 1. The number of imidazole rings is 1. The highest BCUT2D eigenvalue weighted by Gasteiger charge is 2.41. The van der Waals surface area contributed by atoms with Crippen molar-refractivity contribution in [3.8, 4) is 5.75 Å². The van der Waals surface area contributed by atoms with E-state index in [0.29, 0.717) is 48.2 Å². The number of ether oxygens (including phenoxy) is 2. The van der Waals surface area contributed by atoms with Crippen molar-refractivity contribution in [2.24, 2.45) is 7.05 Å². The van der Waals surface area contributed by atoms with Crippen LogP contribution < -0.4 is 15.0 Å². The first-order chi connectivity index (χ1) is 20.8. The topological polar surface area (TPSA) is 106 Å². The standard InChI is InChI=1S/C31H37F2N7O4/c1-17-14-39-16-23(27(43-6)24(33)28(39)34-17)35-29(41)20-13-22(32)26(21-15-37(5)36-25(20)21)38-11-9-19(10-12-38)40(18-7-8-18)30(42)44-31(2,3)4/h13-16,18-19H,7-12H2,1-6H3,(H,35,41). The molecule has 6 rings (SSSR count). The fourth-order valence-corrected chi connectivity index (χ4v) is 6.05. The second-order valence-corrected chi connectivity index (χ2v) is 12.6. The summed E-state index contributed by atoms with van der Waals surface area (Å²) in [5.41, 5.74) is 0.824. The van der Waals surface area contributed by atoms with Gasteiger partial charge in [-0.3, -0.25) is 9.48 Å². The molecular formula is C31H37F2N7O4. The summed E-state index contributed by atoms with van der Waals surface area (Å²) in [6.45, 7) is 8.34. The van der Waals surface area contributed by atoms with E-state index in [1.54, 1.807) is 26.4 Å². The number of anilines is 2. The van der Waals surface area contributed by atoms with Crippen LogP contribution in [-0.2, 0) is 11.8 Å². The van der Waals surface area contributed by atoms with Gasteiger partial charge in [0.05, 0.1) is 24.1 Å². The van der Waals surface area contributed by atoms with Gasteiger partial charge in [-0.1, -0.05) is 0 Å². The molecule has 1 aliphatic carbocycles. The van der Waals surface area contributed by atoms with E-state index >= 15 is 8.78 Å². The Kier molecular flexibility index (Phi) is 7.37. The maximum atomic E-state index is 16.0. The Labute approximate surface area is 253 Å². The second kappa shape index (κ2) is 10.9. The Hall–Kier alpha value is -4.42. The fourth-order valence-electron chi connectivity index (χ4n) is 6.05.